The van der Waals surface area contributed by atoms with Crippen molar-refractivity contribution in [1.82, 2.24) is 9.47 Å². The molecule has 4 aromatic rings. The van der Waals surface area contributed by atoms with Crippen LogP contribution in [-0.2, 0) is 26.5 Å². The summed E-state index contributed by atoms with van der Waals surface area (Å²) in [6.07, 6.45) is 2.94. The fourth-order valence-corrected chi connectivity index (χ4v) is 13.1. The zero-order chi connectivity index (χ0) is 36.8. The molecule has 0 saturated carbocycles. The second-order valence-electron chi connectivity index (χ2n) is 14.8. The van der Waals surface area contributed by atoms with Gasteiger partial charge >= 0.3 is 0 Å². The van der Waals surface area contributed by atoms with Gasteiger partial charge in [0.05, 0.1) is 59.7 Å². The minimum absolute atomic E-state index is 0.0458. The van der Waals surface area contributed by atoms with Gasteiger partial charge in [-0.3, -0.25) is 19.0 Å². The van der Waals surface area contributed by atoms with Crippen molar-refractivity contribution >= 4 is 30.8 Å². The van der Waals surface area contributed by atoms with Gasteiger partial charge in [0, 0.05) is 29.9 Å². The summed E-state index contributed by atoms with van der Waals surface area (Å²) in [7, 11) is 0.670. The van der Waals surface area contributed by atoms with Crippen LogP contribution in [0.15, 0.2) is 95.9 Å². The molecule has 5 atom stereocenters. The van der Waals surface area contributed by atoms with Gasteiger partial charge in [-0.15, -0.1) is 0 Å². The number of rotatable bonds is 10. The Balaban J connectivity index is 1.27. The molecule has 3 aromatic carbocycles. The Morgan fingerprint density at radius 3 is 2.48 bits per heavy atom. The molecule has 1 spiro atoms. The van der Waals surface area contributed by atoms with E-state index in [9.17, 15) is 14.7 Å². The van der Waals surface area contributed by atoms with E-state index in [1.165, 1.54) is 16.9 Å². The Kier molecular flexibility index (Phi) is 9.62. The lowest BCUT2D eigenvalue weighted by Crippen LogP contribution is -2.52. The molecule has 52 heavy (non-hydrogen) atoms. The van der Waals surface area contributed by atoms with Crippen LogP contribution in [0.2, 0.25) is 18.6 Å². The average Bonchev–Trinajstić information content (AvgIpc) is 3.82. The van der Waals surface area contributed by atoms with Gasteiger partial charge in [-0.2, -0.15) is 0 Å². The van der Waals surface area contributed by atoms with Crippen LogP contribution in [0.4, 0.5) is 5.69 Å². The summed E-state index contributed by atoms with van der Waals surface area (Å²) in [5, 5.41) is 11.2. The lowest BCUT2D eigenvalue weighted by molar-refractivity contribution is -0.150. The number of likely N-dealkylation sites (tertiary alicyclic amines) is 1. The second-order valence-corrected chi connectivity index (χ2v) is 19.4. The van der Waals surface area contributed by atoms with E-state index < -0.39 is 19.8 Å². The number of benzene rings is 3. The topological polar surface area (TPSA) is 111 Å². The Morgan fingerprint density at radius 1 is 0.981 bits per heavy atom. The summed E-state index contributed by atoms with van der Waals surface area (Å²) < 4.78 is 19.4. The van der Waals surface area contributed by atoms with Crippen LogP contribution >= 0.6 is 0 Å². The molecule has 0 radical (unpaired) electrons. The zero-order valence-electron chi connectivity index (χ0n) is 30.5. The molecule has 3 aliphatic heterocycles. The summed E-state index contributed by atoms with van der Waals surface area (Å²) in [4.78, 5) is 45.9. The van der Waals surface area contributed by atoms with Gasteiger partial charge < -0.3 is 29.1 Å². The first kappa shape index (κ1) is 35.7. The van der Waals surface area contributed by atoms with Crippen molar-refractivity contribution < 1.29 is 28.9 Å². The number of hydrogen-bond donors (Lipinski definition) is 1. The number of aromatic nitrogens is 1. The Morgan fingerprint density at radius 2 is 1.75 bits per heavy atom. The van der Waals surface area contributed by atoms with Crippen LogP contribution in [0.3, 0.4) is 0 Å². The van der Waals surface area contributed by atoms with E-state index in [1.54, 1.807) is 35.2 Å². The normalized spacial score (nSPS) is 24.1. The number of carbonyl (C=O) groups excluding carboxylic acids is 2. The minimum atomic E-state index is -2.45. The SMILES string of the molecule is COc1ccc([Si](C)(C)[C@H]2[C@H](CC(=O)N3CCC[C@H]3CO)O[C@@]3(C(=O)N(Cc4cccc(-n5cccc(OC)c5=O)c4)c4ccccc43)[C@@H]2C)cc1. The average molecular weight is 722 g/mol. The summed E-state index contributed by atoms with van der Waals surface area (Å²) in [6.45, 7) is 7.53. The number of aliphatic hydroxyl groups is 1. The molecular formula is C41H47N3O7Si. The molecule has 7 rings (SSSR count). The van der Waals surface area contributed by atoms with Crippen molar-refractivity contribution in [2.45, 2.75) is 69.1 Å². The van der Waals surface area contributed by atoms with Crippen LogP contribution in [0.5, 0.6) is 11.5 Å². The van der Waals surface area contributed by atoms with E-state index >= 15 is 4.79 Å². The fourth-order valence-electron chi connectivity index (χ4n) is 9.09. The van der Waals surface area contributed by atoms with Crippen molar-refractivity contribution in [1.29, 1.82) is 0 Å². The maximum Gasteiger partial charge on any atom is 0.297 e. The minimum Gasteiger partial charge on any atom is -0.497 e. The van der Waals surface area contributed by atoms with E-state index in [0.717, 1.165) is 35.4 Å². The van der Waals surface area contributed by atoms with Gasteiger partial charge in [0.15, 0.2) is 11.4 Å². The van der Waals surface area contributed by atoms with E-state index in [4.69, 9.17) is 14.2 Å². The molecule has 272 valence electrons. The number of fused-ring (bicyclic) bond motifs is 2. The van der Waals surface area contributed by atoms with E-state index in [-0.39, 0.29) is 60.2 Å². The van der Waals surface area contributed by atoms with Gasteiger partial charge in [0.2, 0.25) is 5.91 Å². The summed E-state index contributed by atoms with van der Waals surface area (Å²) in [5.41, 5.74) is 1.42. The van der Waals surface area contributed by atoms with Crippen LogP contribution in [0, 0.1) is 5.92 Å². The third-order valence-electron chi connectivity index (χ3n) is 11.7. The standard InChI is InChI=1S/C41H47N3O7Si/c1-27-38(52(4,5)32-19-17-31(49-2)18-20-32)36(24-37(46)42-21-9-13-30(42)26-45)51-41(27)33-14-6-7-15-34(33)44(40(41)48)25-28-11-8-12-29(23-28)43-22-10-16-35(50-3)39(43)47/h6-8,10-12,14-20,22-23,27,30,36,38,45H,9,13,21,24-26H2,1-5H3/t27-,30+,36+,38-,41+/m1/s1. The first-order valence-electron chi connectivity index (χ1n) is 18.0. The molecule has 0 aliphatic carbocycles. The number of pyridine rings is 1. The third-order valence-corrected chi connectivity index (χ3v) is 16.0. The van der Waals surface area contributed by atoms with Gasteiger partial charge in [0.25, 0.3) is 11.5 Å². The number of methoxy groups -OCH3 is 2. The lowest BCUT2D eigenvalue weighted by atomic mass is 9.82. The zero-order valence-corrected chi connectivity index (χ0v) is 31.5. The highest BCUT2D eigenvalue weighted by Crippen LogP contribution is 2.60. The van der Waals surface area contributed by atoms with Crippen LogP contribution < -0.4 is 25.1 Å². The summed E-state index contributed by atoms with van der Waals surface area (Å²) >= 11 is 0. The number of amides is 2. The Hall–Kier alpha value is -4.71. The molecule has 3 aliphatic rings. The number of hydrogen-bond acceptors (Lipinski definition) is 7. The Labute approximate surface area is 305 Å². The van der Waals surface area contributed by atoms with Gasteiger partial charge in [-0.05, 0) is 66.4 Å². The molecule has 0 unspecified atom stereocenters. The van der Waals surface area contributed by atoms with E-state index in [0.29, 0.717) is 12.2 Å². The van der Waals surface area contributed by atoms with Crippen molar-refractivity contribution in [3.8, 4) is 17.2 Å². The predicted molar refractivity (Wildman–Crippen MR) is 202 cm³/mol. The maximum atomic E-state index is 15.2. The molecule has 1 N–H and O–H groups in total. The van der Waals surface area contributed by atoms with Crippen molar-refractivity contribution in [2.75, 3.05) is 32.3 Å². The molecule has 10 nitrogen and oxygen atoms in total. The summed E-state index contributed by atoms with van der Waals surface area (Å²) in [6, 6.07) is 26.8. The molecule has 2 amide bonds. The largest absolute Gasteiger partial charge is 0.497 e. The summed E-state index contributed by atoms with van der Waals surface area (Å²) in [5.74, 6) is 0.551. The molecular weight excluding hydrogens is 675 g/mol. The Bertz CT molecular complexity index is 2030. The highest BCUT2D eigenvalue weighted by atomic mass is 28.3. The van der Waals surface area contributed by atoms with E-state index in [1.807, 2.05) is 60.7 Å². The number of para-hydroxylation sites is 1. The monoisotopic (exact) mass is 721 g/mol. The highest BCUT2D eigenvalue weighted by molar-refractivity contribution is 6.91. The predicted octanol–water partition coefficient (Wildman–Crippen LogP) is 4.99. The van der Waals surface area contributed by atoms with Crippen LogP contribution in [-0.4, -0.2) is 74.0 Å². The highest BCUT2D eigenvalue weighted by Gasteiger charge is 2.66. The number of carbonyl (C=O) groups is 2. The van der Waals surface area contributed by atoms with Crippen LogP contribution in [0.25, 0.3) is 5.69 Å². The fraction of sp³-hybridized carbons (Fsp3) is 0.390. The van der Waals surface area contributed by atoms with Crippen molar-refractivity contribution in [3.63, 3.8) is 0 Å². The first-order chi connectivity index (χ1) is 25.0. The van der Waals surface area contributed by atoms with Gasteiger partial charge in [-0.1, -0.05) is 67.7 Å². The van der Waals surface area contributed by atoms with Gasteiger partial charge in [-0.25, -0.2) is 0 Å². The number of ether oxygens (including phenoxy) is 3. The lowest BCUT2D eigenvalue weighted by Gasteiger charge is -2.37. The smallest absolute Gasteiger partial charge is 0.297 e. The molecule has 2 fully saturated rings. The molecule has 1 aromatic heterocycles. The number of anilines is 1. The first-order valence-corrected chi connectivity index (χ1v) is 21.1. The molecule has 11 heteroatoms. The van der Waals surface area contributed by atoms with Crippen LogP contribution in [0.1, 0.15) is 37.3 Å². The van der Waals surface area contributed by atoms with Crippen molar-refractivity contribution in [2.24, 2.45) is 5.92 Å². The number of nitrogens with zero attached hydrogens (tertiary/aromatic N) is 3. The third kappa shape index (κ3) is 5.84. The molecule has 4 heterocycles. The number of aliphatic hydroxyl groups excluding tert-OH is 1. The second kappa shape index (κ2) is 14.0. The molecule has 2 saturated heterocycles. The van der Waals surface area contributed by atoms with Gasteiger partial charge in [0.1, 0.15) is 5.75 Å². The van der Waals surface area contributed by atoms with Crippen molar-refractivity contribution in [3.05, 3.63) is 113 Å². The maximum absolute atomic E-state index is 15.2. The van der Waals surface area contributed by atoms with E-state index in [2.05, 4.69) is 32.2 Å². The quantitative estimate of drug-likeness (QED) is 0.230. The molecule has 0 bridgehead atoms.